The molecule has 4 nitrogen and oxygen atoms in total. The maximum atomic E-state index is 12.5. The summed E-state index contributed by atoms with van der Waals surface area (Å²) in [5.41, 5.74) is 0.919. The van der Waals surface area contributed by atoms with Crippen LogP contribution in [-0.4, -0.2) is 41.5 Å². The van der Waals surface area contributed by atoms with Gasteiger partial charge >= 0.3 is 0 Å². The Morgan fingerprint density at radius 2 is 2.10 bits per heavy atom. The number of nitrogens with zero attached hydrogens (tertiary/aromatic N) is 2. The van der Waals surface area contributed by atoms with E-state index in [0.717, 1.165) is 49.6 Å². The van der Waals surface area contributed by atoms with E-state index in [-0.39, 0.29) is 30.7 Å². The molecule has 0 saturated carbocycles. The van der Waals surface area contributed by atoms with Crippen molar-refractivity contribution in [3.05, 3.63) is 16.1 Å². The van der Waals surface area contributed by atoms with Crippen LogP contribution in [0.5, 0.6) is 0 Å². The second kappa shape index (κ2) is 10.4. The summed E-state index contributed by atoms with van der Waals surface area (Å²) in [5, 5.41) is 6.39. The van der Waals surface area contributed by atoms with Crippen molar-refractivity contribution in [2.24, 2.45) is 0 Å². The van der Waals surface area contributed by atoms with E-state index in [1.54, 1.807) is 11.3 Å². The number of thiazole rings is 1. The normalized spacial score (nSPS) is 15.0. The standard InChI is InChI=1S/C14H23N3OS.2ClH/c1-3-8-17(13-4-6-15-7-5-13)14(18)9-12-10-19-11(2)16-12;;/h10,13,15H,3-9H2,1-2H3;2*1H. The number of piperidine rings is 1. The predicted octanol–water partition coefficient (Wildman–Crippen LogP) is 2.83. The largest absolute Gasteiger partial charge is 0.339 e. The Balaban J connectivity index is 0.00000200. The molecule has 0 bridgehead atoms. The van der Waals surface area contributed by atoms with Gasteiger partial charge in [-0.3, -0.25) is 4.79 Å². The predicted molar refractivity (Wildman–Crippen MR) is 92.9 cm³/mol. The molecule has 1 saturated heterocycles. The van der Waals surface area contributed by atoms with Crippen LogP contribution in [0.25, 0.3) is 0 Å². The first-order valence-electron chi connectivity index (χ1n) is 7.12. The zero-order valence-corrected chi connectivity index (χ0v) is 15.1. The van der Waals surface area contributed by atoms with Crippen molar-refractivity contribution >= 4 is 42.1 Å². The zero-order chi connectivity index (χ0) is 13.7. The fraction of sp³-hybridized carbons (Fsp3) is 0.714. The molecule has 1 aliphatic heterocycles. The second-order valence-electron chi connectivity index (χ2n) is 5.10. The molecule has 122 valence electrons. The van der Waals surface area contributed by atoms with Crippen LogP contribution in [0, 0.1) is 6.92 Å². The topological polar surface area (TPSA) is 45.2 Å². The Hall–Kier alpha value is -0.360. The zero-order valence-electron chi connectivity index (χ0n) is 12.6. The first-order valence-corrected chi connectivity index (χ1v) is 8.00. The van der Waals surface area contributed by atoms with Crippen LogP contribution in [0.15, 0.2) is 5.38 Å². The quantitative estimate of drug-likeness (QED) is 0.884. The lowest BCUT2D eigenvalue weighted by Crippen LogP contribution is -2.47. The number of carbonyl (C=O) groups is 1. The van der Waals surface area contributed by atoms with Gasteiger partial charge in [0.05, 0.1) is 17.1 Å². The lowest BCUT2D eigenvalue weighted by atomic mass is 10.0. The molecule has 0 radical (unpaired) electrons. The summed E-state index contributed by atoms with van der Waals surface area (Å²) in [4.78, 5) is 19.0. The molecular formula is C14H25Cl2N3OS. The Morgan fingerprint density at radius 1 is 1.43 bits per heavy atom. The lowest BCUT2D eigenvalue weighted by Gasteiger charge is -2.34. The molecule has 1 N–H and O–H groups in total. The van der Waals surface area contributed by atoms with Gasteiger partial charge in [-0.2, -0.15) is 0 Å². The molecule has 1 amide bonds. The highest BCUT2D eigenvalue weighted by atomic mass is 35.5. The number of hydrogen-bond acceptors (Lipinski definition) is 4. The third-order valence-corrected chi connectivity index (χ3v) is 4.36. The molecule has 1 aromatic heterocycles. The summed E-state index contributed by atoms with van der Waals surface area (Å²) in [7, 11) is 0. The van der Waals surface area contributed by atoms with Crippen molar-refractivity contribution in [3.63, 3.8) is 0 Å². The van der Waals surface area contributed by atoms with E-state index < -0.39 is 0 Å². The monoisotopic (exact) mass is 353 g/mol. The molecule has 7 heteroatoms. The maximum Gasteiger partial charge on any atom is 0.228 e. The van der Waals surface area contributed by atoms with Gasteiger partial charge in [0.25, 0.3) is 0 Å². The van der Waals surface area contributed by atoms with Crippen LogP contribution in [0.3, 0.4) is 0 Å². The molecule has 2 rings (SSSR count). The van der Waals surface area contributed by atoms with E-state index in [4.69, 9.17) is 0 Å². The number of carbonyl (C=O) groups excluding carboxylic acids is 1. The Labute approximate surface area is 143 Å². The smallest absolute Gasteiger partial charge is 0.228 e. The molecule has 1 fully saturated rings. The summed E-state index contributed by atoms with van der Waals surface area (Å²) in [6.45, 7) is 7.03. The van der Waals surface area contributed by atoms with Crippen molar-refractivity contribution in [3.8, 4) is 0 Å². The minimum Gasteiger partial charge on any atom is -0.339 e. The van der Waals surface area contributed by atoms with Gasteiger partial charge in [-0.05, 0) is 39.3 Å². The van der Waals surface area contributed by atoms with Crippen LogP contribution in [0.2, 0.25) is 0 Å². The average Bonchev–Trinajstić information content (AvgIpc) is 2.82. The molecule has 0 aromatic carbocycles. The van der Waals surface area contributed by atoms with Crippen molar-refractivity contribution in [1.82, 2.24) is 15.2 Å². The molecule has 0 spiro atoms. The van der Waals surface area contributed by atoms with Gasteiger partial charge in [0.1, 0.15) is 0 Å². The number of aromatic nitrogens is 1. The van der Waals surface area contributed by atoms with E-state index in [9.17, 15) is 4.79 Å². The maximum absolute atomic E-state index is 12.5. The van der Waals surface area contributed by atoms with Gasteiger partial charge < -0.3 is 10.2 Å². The van der Waals surface area contributed by atoms with Crippen molar-refractivity contribution < 1.29 is 4.79 Å². The summed E-state index contributed by atoms with van der Waals surface area (Å²) >= 11 is 1.62. The molecule has 1 aromatic rings. The van der Waals surface area contributed by atoms with Gasteiger partial charge in [0.15, 0.2) is 0 Å². The van der Waals surface area contributed by atoms with Gasteiger partial charge in [0.2, 0.25) is 5.91 Å². The molecule has 0 aliphatic carbocycles. The summed E-state index contributed by atoms with van der Waals surface area (Å²) < 4.78 is 0. The van der Waals surface area contributed by atoms with E-state index in [0.29, 0.717) is 12.5 Å². The number of hydrogen-bond donors (Lipinski definition) is 1. The minimum absolute atomic E-state index is 0. The Morgan fingerprint density at radius 3 is 2.62 bits per heavy atom. The number of aryl methyl sites for hydroxylation is 1. The van der Waals surface area contributed by atoms with E-state index in [1.807, 2.05) is 12.3 Å². The molecule has 21 heavy (non-hydrogen) atoms. The van der Waals surface area contributed by atoms with Gasteiger partial charge in [-0.25, -0.2) is 4.98 Å². The van der Waals surface area contributed by atoms with Gasteiger partial charge in [-0.1, -0.05) is 6.92 Å². The number of halogens is 2. The number of amides is 1. The third kappa shape index (κ3) is 6.10. The third-order valence-electron chi connectivity index (χ3n) is 3.53. The molecule has 1 aliphatic rings. The fourth-order valence-electron chi connectivity index (χ4n) is 2.62. The summed E-state index contributed by atoms with van der Waals surface area (Å²) in [5.74, 6) is 0.235. The highest BCUT2D eigenvalue weighted by Gasteiger charge is 2.24. The molecule has 0 unspecified atom stereocenters. The van der Waals surface area contributed by atoms with E-state index >= 15 is 0 Å². The van der Waals surface area contributed by atoms with Crippen LogP contribution < -0.4 is 5.32 Å². The van der Waals surface area contributed by atoms with Crippen LogP contribution in [0.4, 0.5) is 0 Å². The summed E-state index contributed by atoms with van der Waals surface area (Å²) in [6.07, 6.45) is 3.61. The first kappa shape index (κ1) is 20.6. The molecule has 2 heterocycles. The lowest BCUT2D eigenvalue weighted by molar-refractivity contribution is -0.133. The van der Waals surface area contributed by atoms with Crippen molar-refractivity contribution in [1.29, 1.82) is 0 Å². The van der Waals surface area contributed by atoms with Crippen LogP contribution in [0.1, 0.15) is 36.9 Å². The Bertz CT molecular complexity index is 422. The van der Waals surface area contributed by atoms with E-state index in [1.165, 1.54) is 0 Å². The highest BCUT2D eigenvalue weighted by Crippen LogP contribution is 2.15. The SMILES string of the molecule is CCCN(C(=O)Cc1csc(C)n1)C1CCNCC1.Cl.Cl. The number of nitrogens with one attached hydrogen (secondary N) is 1. The second-order valence-corrected chi connectivity index (χ2v) is 6.17. The Kier molecular flexibility index (Phi) is 10.2. The molecular weight excluding hydrogens is 329 g/mol. The van der Waals surface area contributed by atoms with Crippen molar-refractivity contribution in [2.45, 2.75) is 45.6 Å². The molecule has 0 atom stereocenters. The van der Waals surface area contributed by atoms with Gasteiger partial charge in [0, 0.05) is 18.0 Å². The average molecular weight is 354 g/mol. The summed E-state index contributed by atoms with van der Waals surface area (Å²) in [6, 6.07) is 0.411. The van der Waals surface area contributed by atoms with Crippen molar-refractivity contribution in [2.75, 3.05) is 19.6 Å². The van der Waals surface area contributed by atoms with E-state index in [2.05, 4.69) is 22.1 Å². The van der Waals surface area contributed by atoms with Crippen LogP contribution in [-0.2, 0) is 11.2 Å². The van der Waals surface area contributed by atoms with Gasteiger partial charge in [-0.15, -0.1) is 36.2 Å². The first-order chi connectivity index (χ1) is 9.20. The van der Waals surface area contributed by atoms with Crippen LogP contribution >= 0.6 is 36.2 Å². The number of rotatable bonds is 5. The minimum atomic E-state index is 0. The fourth-order valence-corrected chi connectivity index (χ4v) is 3.23. The highest BCUT2D eigenvalue weighted by molar-refractivity contribution is 7.09.